The minimum absolute atomic E-state index is 0.0134. The first-order chi connectivity index (χ1) is 18.3. The summed E-state index contributed by atoms with van der Waals surface area (Å²) in [5, 5.41) is 8.57. The second-order valence-corrected chi connectivity index (χ2v) is 8.74. The summed E-state index contributed by atoms with van der Waals surface area (Å²) >= 11 is 0. The number of anilines is 2. The lowest BCUT2D eigenvalue weighted by molar-refractivity contribution is -0.133. The van der Waals surface area contributed by atoms with Crippen LogP contribution in [0.15, 0.2) is 35.0 Å². The molecule has 4 amide bonds. The van der Waals surface area contributed by atoms with Gasteiger partial charge in [-0.25, -0.2) is 14.0 Å². The molecule has 14 heteroatoms. The fourth-order valence-electron chi connectivity index (χ4n) is 4.24. The van der Waals surface area contributed by atoms with E-state index < -0.39 is 36.1 Å². The van der Waals surface area contributed by atoms with E-state index in [1.54, 1.807) is 30.9 Å². The number of aromatic nitrogens is 1. The highest BCUT2D eigenvalue weighted by Gasteiger charge is 2.33. The lowest BCUT2D eigenvalue weighted by Crippen LogP contribution is -2.54. The molecule has 13 nitrogen and oxygen atoms in total. The Morgan fingerprint density at radius 3 is 2.63 bits per heavy atom. The van der Waals surface area contributed by atoms with Crippen molar-refractivity contribution in [3.8, 4) is 0 Å². The maximum atomic E-state index is 15.1. The van der Waals surface area contributed by atoms with Gasteiger partial charge in [0.25, 0.3) is 5.91 Å². The standard InChI is InChI=1S/C24H29FN6O7/c1-3-36-23(34)26-13-17-14-31(24(35)37-17)16-4-5-19(18(25)12-16)29-8-10-30(11-9-29)22(33)15(2)28-21(32)20-6-7-27-38-20/h4-7,12,15,17H,3,8-11,13-14H2,1-2H3,(H,26,34)(H,28,32). The first-order valence-electron chi connectivity index (χ1n) is 12.2. The Morgan fingerprint density at radius 2 is 1.97 bits per heavy atom. The van der Waals surface area contributed by atoms with Gasteiger partial charge in [-0.2, -0.15) is 0 Å². The predicted molar refractivity (Wildman–Crippen MR) is 131 cm³/mol. The normalized spacial score (nSPS) is 18.1. The molecule has 2 fully saturated rings. The van der Waals surface area contributed by atoms with E-state index in [1.165, 1.54) is 23.2 Å². The first kappa shape index (κ1) is 26.7. The van der Waals surface area contributed by atoms with Crippen LogP contribution in [0.4, 0.5) is 25.4 Å². The Hall–Kier alpha value is -4.36. The molecule has 2 aliphatic heterocycles. The molecule has 2 aliphatic rings. The zero-order valence-electron chi connectivity index (χ0n) is 21.0. The number of carbonyl (C=O) groups excluding carboxylic acids is 4. The van der Waals surface area contributed by atoms with E-state index >= 15 is 4.39 Å². The highest BCUT2D eigenvalue weighted by Crippen LogP contribution is 2.28. The van der Waals surface area contributed by atoms with E-state index in [1.807, 2.05) is 4.90 Å². The van der Waals surface area contributed by atoms with Crippen LogP contribution in [0.1, 0.15) is 24.4 Å². The quantitative estimate of drug-likeness (QED) is 0.514. The van der Waals surface area contributed by atoms with Crippen molar-refractivity contribution in [2.75, 3.05) is 55.7 Å². The number of cyclic esters (lactones) is 1. The number of hydrogen-bond donors (Lipinski definition) is 2. The van der Waals surface area contributed by atoms with E-state index in [9.17, 15) is 19.2 Å². The van der Waals surface area contributed by atoms with Crippen molar-refractivity contribution in [1.29, 1.82) is 0 Å². The number of piperazine rings is 1. The zero-order valence-corrected chi connectivity index (χ0v) is 21.0. The third kappa shape index (κ3) is 6.12. The van der Waals surface area contributed by atoms with Crippen LogP contribution in [0.2, 0.25) is 0 Å². The van der Waals surface area contributed by atoms with Crippen LogP contribution in [0.3, 0.4) is 0 Å². The molecule has 204 valence electrons. The molecule has 0 saturated carbocycles. The number of alkyl carbamates (subject to hydrolysis) is 1. The molecule has 2 saturated heterocycles. The Balaban J connectivity index is 1.29. The fourth-order valence-corrected chi connectivity index (χ4v) is 4.24. The minimum Gasteiger partial charge on any atom is -0.450 e. The summed E-state index contributed by atoms with van der Waals surface area (Å²) in [5.74, 6) is -1.30. The summed E-state index contributed by atoms with van der Waals surface area (Å²) in [6, 6.07) is 5.10. The fraction of sp³-hybridized carbons (Fsp3) is 0.458. The number of nitrogens with zero attached hydrogens (tertiary/aromatic N) is 4. The van der Waals surface area contributed by atoms with Crippen molar-refractivity contribution >= 4 is 35.4 Å². The molecule has 4 rings (SSSR count). The van der Waals surface area contributed by atoms with Gasteiger partial charge in [-0.15, -0.1) is 0 Å². The number of halogens is 1. The molecule has 0 spiro atoms. The Kier molecular flexibility index (Phi) is 8.28. The maximum Gasteiger partial charge on any atom is 0.414 e. The summed E-state index contributed by atoms with van der Waals surface area (Å²) in [5.41, 5.74) is 0.681. The molecule has 38 heavy (non-hydrogen) atoms. The highest BCUT2D eigenvalue weighted by molar-refractivity contribution is 5.95. The number of benzene rings is 1. The molecular weight excluding hydrogens is 503 g/mol. The Morgan fingerprint density at radius 1 is 1.21 bits per heavy atom. The van der Waals surface area contributed by atoms with Crippen LogP contribution in [0.5, 0.6) is 0 Å². The van der Waals surface area contributed by atoms with Crippen molar-refractivity contribution in [1.82, 2.24) is 20.7 Å². The molecule has 2 N–H and O–H groups in total. The van der Waals surface area contributed by atoms with Crippen LogP contribution in [-0.4, -0.2) is 92.1 Å². The van der Waals surface area contributed by atoms with Crippen LogP contribution >= 0.6 is 0 Å². The molecule has 2 atom stereocenters. The Bertz CT molecular complexity index is 1170. The van der Waals surface area contributed by atoms with Gasteiger partial charge < -0.3 is 34.4 Å². The number of hydrogen-bond acceptors (Lipinski definition) is 9. The smallest absolute Gasteiger partial charge is 0.414 e. The van der Waals surface area contributed by atoms with Gasteiger partial charge in [0.05, 0.1) is 37.3 Å². The second-order valence-electron chi connectivity index (χ2n) is 8.74. The predicted octanol–water partition coefficient (Wildman–Crippen LogP) is 1.35. The maximum absolute atomic E-state index is 15.1. The third-order valence-electron chi connectivity index (χ3n) is 6.18. The molecule has 1 aromatic carbocycles. The van der Waals surface area contributed by atoms with E-state index in [-0.39, 0.29) is 31.4 Å². The van der Waals surface area contributed by atoms with E-state index in [4.69, 9.17) is 14.0 Å². The molecular formula is C24H29FN6O7. The Labute approximate surface area is 217 Å². The first-order valence-corrected chi connectivity index (χ1v) is 12.2. The molecule has 2 aromatic rings. The molecule has 3 heterocycles. The molecule has 0 radical (unpaired) electrons. The van der Waals surface area contributed by atoms with Crippen molar-refractivity contribution in [3.63, 3.8) is 0 Å². The minimum atomic E-state index is -0.772. The lowest BCUT2D eigenvalue weighted by Gasteiger charge is -2.37. The van der Waals surface area contributed by atoms with Gasteiger partial charge in [0, 0.05) is 32.2 Å². The topological polar surface area (TPSA) is 147 Å². The largest absolute Gasteiger partial charge is 0.450 e. The van der Waals surface area contributed by atoms with E-state index in [2.05, 4.69) is 15.8 Å². The number of rotatable bonds is 8. The SMILES string of the molecule is CCOC(=O)NCC1CN(c2ccc(N3CCN(C(=O)C(C)NC(=O)c4ccno4)CC3)c(F)c2)C(=O)O1. The summed E-state index contributed by atoms with van der Waals surface area (Å²) in [6.07, 6.45) is -0.496. The summed E-state index contributed by atoms with van der Waals surface area (Å²) < 4.78 is 29.9. The van der Waals surface area contributed by atoms with Gasteiger partial charge in [0.1, 0.15) is 18.0 Å². The van der Waals surface area contributed by atoms with Gasteiger partial charge in [0.2, 0.25) is 11.7 Å². The molecule has 1 aromatic heterocycles. The molecule has 0 bridgehead atoms. The van der Waals surface area contributed by atoms with Gasteiger partial charge in [0.15, 0.2) is 0 Å². The van der Waals surface area contributed by atoms with Gasteiger partial charge in [-0.3, -0.25) is 14.5 Å². The summed E-state index contributed by atoms with van der Waals surface area (Å²) in [6.45, 7) is 5.18. The van der Waals surface area contributed by atoms with Crippen LogP contribution in [0, 0.1) is 5.82 Å². The second kappa shape index (κ2) is 11.8. The van der Waals surface area contributed by atoms with Gasteiger partial charge in [-0.05, 0) is 32.0 Å². The average Bonchev–Trinajstić information content (AvgIpc) is 3.57. The average molecular weight is 533 g/mol. The summed E-state index contributed by atoms with van der Waals surface area (Å²) in [4.78, 5) is 53.4. The number of carbonyl (C=O) groups is 4. The van der Waals surface area contributed by atoms with Crippen molar-refractivity contribution in [2.45, 2.75) is 26.0 Å². The van der Waals surface area contributed by atoms with Crippen molar-refractivity contribution in [2.24, 2.45) is 0 Å². The monoisotopic (exact) mass is 532 g/mol. The van der Waals surface area contributed by atoms with E-state index in [0.29, 0.717) is 37.6 Å². The summed E-state index contributed by atoms with van der Waals surface area (Å²) in [7, 11) is 0. The molecule has 2 unspecified atom stereocenters. The van der Waals surface area contributed by atoms with E-state index in [0.717, 1.165) is 0 Å². The van der Waals surface area contributed by atoms with Crippen LogP contribution in [-0.2, 0) is 14.3 Å². The lowest BCUT2D eigenvalue weighted by atomic mass is 10.2. The highest BCUT2D eigenvalue weighted by atomic mass is 19.1. The number of amides is 4. The molecule has 0 aliphatic carbocycles. The van der Waals surface area contributed by atoms with Crippen LogP contribution in [0.25, 0.3) is 0 Å². The zero-order chi connectivity index (χ0) is 27.2. The van der Waals surface area contributed by atoms with Gasteiger partial charge >= 0.3 is 12.2 Å². The van der Waals surface area contributed by atoms with Crippen LogP contribution < -0.4 is 20.4 Å². The van der Waals surface area contributed by atoms with Crippen molar-refractivity contribution in [3.05, 3.63) is 42.0 Å². The number of ether oxygens (including phenoxy) is 2. The van der Waals surface area contributed by atoms with Gasteiger partial charge in [-0.1, -0.05) is 5.16 Å². The van der Waals surface area contributed by atoms with Crippen molar-refractivity contribution < 1.29 is 37.6 Å². The third-order valence-corrected chi connectivity index (χ3v) is 6.18. The number of nitrogens with one attached hydrogen (secondary N) is 2.